The lowest BCUT2D eigenvalue weighted by molar-refractivity contribution is -0.116. The van der Waals surface area contributed by atoms with Crippen LogP contribution in [0.5, 0.6) is 0 Å². The number of aromatic nitrogens is 4. The number of hydrogen-bond acceptors (Lipinski definition) is 5. The third kappa shape index (κ3) is 3.62. The van der Waals surface area contributed by atoms with Crippen LogP contribution in [0, 0.1) is 0 Å². The maximum atomic E-state index is 12.2. The number of rotatable bonds is 5. The highest BCUT2D eigenvalue weighted by Crippen LogP contribution is 2.26. The van der Waals surface area contributed by atoms with Gasteiger partial charge in [-0.15, -0.1) is 5.10 Å². The van der Waals surface area contributed by atoms with Crippen molar-refractivity contribution < 1.29 is 4.79 Å². The predicted molar refractivity (Wildman–Crippen MR) is 104 cm³/mol. The highest BCUT2D eigenvalue weighted by Gasteiger charge is 2.12. The summed E-state index contributed by atoms with van der Waals surface area (Å²) in [5.41, 5.74) is 10.1. The molecule has 0 saturated heterocycles. The highest BCUT2D eigenvalue weighted by atomic mass is 16.1. The van der Waals surface area contributed by atoms with Gasteiger partial charge in [0.2, 0.25) is 11.9 Å². The number of nitrogens with zero attached hydrogens (tertiary/aromatic N) is 4. The Balaban J connectivity index is 1.54. The Labute approximate surface area is 155 Å². The molecule has 4 aromatic rings. The fourth-order valence-corrected chi connectivity index (χ4v) is 2.88. The molecule has 0 atom stereocenters. The molecule has 7 nitrogen and oxygen atoms in total. The van der Waals surface area contributed by atoms with Crippen LogP contribution in [-0.4, -0.2) is 25.5 Å². The molecule has 1 amide bonds. The Morgan fingerprint density at radius 1 is 1.07 bits per heavy atom. The van der Waals surface area contributed by atoms with E-state index in [9.17, 15) is 4.79 Å². The van der Waals surface area contributed by atoms with E-state index in [0.717, 1.165) is 16.8 Å². The van der Waals surface area contributed by atoms with Crippen LogP contribution in [0.1, 0.15) is 12.0 Å². The van der Waals surface area contributed by atoms with Crippen molar-refractivity contribution in [1.29, 1.82) is 0 Å². The molecular weight excluding hydrogens is 340 g/mol. The van der Waals surface area contributed by atoms with Crippen LogP contribution in [0.4, 0.5) is 11.6 Å². The number of nitrogens with one attached hydrogen (secondary N) is 1. The first-order valence-electron chi connectivity index (χ1n) is 8.60. The SMILES string of the molecule is Nc1ccccc1-c1cccc2nc(NC(=O)CCc3cccnc3)nn12. The van der Waals surface area contributed by atoms with Crippen LogP contribution >= 0.6 is 0 Å². The average Bonchev–Trinajstić information content (AvgIpc) is 3.10. The molecule has 0 unspecified atom stereocenters. The topological polar surface area (TPSA) is 98.2 Å². The largest absolute Gasteiger partial charge is 0.398 e. The summed E-state index contributed by atoms with van der Waals surface area (Å²) in [6.45, 7) is 0. The molecule has 3 heterocycles. The molecule has 0 saturated carbocycles. The van der Waals surface area contributed by atoms with Gasteiger partial charge in [-0.25, -0.2) is 4.52 Å². The van der Waals surface area contributed by atoms with E-state index in [2.05, 4.69) is 20.4 Å². The predicted octanol–water partition coefficient (Wildman–Crippen LogP) is 2.94. The minimum absolute atomic E-state index is 0.143. The summed E-state index contributed by atoms with van der Waals surface area (Å²) in [5, 5.41) is 7.19. The number of nitrogens with two attached hydrogens (primary N) is 1. The molecule has 0 aliphatic heterocycles. The van der Waals surface area contributed by atoms with Gasteiger partial charge in [-0.05, 0) is 36.2 Å². The second kappa shape index (κ2) is 7.25. The van der Waals surface area contributed by atoms with Crippen molar-refractivity contribution in [3.63, 3.8) is 0 Å². The number of anilines is 2. The molecule has 3 aromatic heterocycles. The smallest absolute Gasteiger partial charge is 0.249 e. The Hall–Kier alpha value is -3.74. The van der Waals surface area contributed by atoms with Crippen LogP contribution in [0.2, 0.25) is 0 Å². The molecule has 1 aromatic carbocycles. The minimum Gasteiger partial charge on any atom is -0.398 e. The average molecular weight is 358 g/mol. The van der Waals surface area contributed by atoms with Crippen LogP contribution in [0.3, 0.4) is 0 Å². The summed E-state index contributed by atoms with van der Waals surface area (Å²) in [4.78, 5) is 20.7. The van der Waals surface area contributed by atoms with E-state index in [1.54, 1.807) is 16.9 Å². The molecular formula is C20H18N6O. The van der Waals surface area contributed by atoms with Crippen LogP contribution in [0.25, 0.3) is 16.9 Å². The lowest BCUT2D eigenvalue weighted by Gasteiger charge is -2.06. The minimum atomic E-state index is -0.143. The molecule has 0 aliphatic rings. The van der Waals surface area contributed by atoms with Crippen LogP contribution in [0.15, 0.2) is 67.0 Å². The summed E-state index contributed by atoms with van der Waals surface area (Å²) in [5.74, 6) is 0.128. The zero-order valence-electron chi connectivity index (χ0n) is 14.5. The molecule has 134 valence electrons. The van der Waals surface area contributed by atoms with E-state index in [1.165, 1.54) is 0 Å². The van der Waals surface area contributed by atoms with Gasteiger partial charge in [0.15, 0.2) is 5.65 Å². The molecule has 0 fully saturated rings. The number of para-hydroxylation sites is 1. The van der Waals surface area contributed by atoms with Crippen LogP contribution < -0.4 is 11.1 Å². The number of carbonyl (C=O) groups excluding carboxylic acids is 1. The van der Waals surface area contributed by atoms with Gasteiger partial charge in [0.1, 0.15) is 0 Å². The van der Waals surface area contributed by atoms with Gasteiger partial charge in [-0.2, -0.15) is 4.98 Å². The third-order valence-corrected chi connectivity index (χ3v) is 4.21. The van der Waals surface area contributed by atoms with E-state index < -0.39 is 0 Å². The number of aryl methyl sites for hydroxylation is 1. The van der Waals surface area contributed by atoms with Crippen LogP contribution in [-0.2, 0) is 11.2 Å². The van der Waals surface area contributed by atoms with Gasteiger partial charge in [0.25, 0.3) is 0 Å². The van der Waals surface area contributed by atoms with Crippen molar-refractivity contribution in [1.82, 2.24) is 19.6 Å². The zero-order chi connectivity index (χ0) is 18.6. The molecule has 7 heteroatoms. The first-order valence-corrected chi connectivity index (χ1v) is 8.60. The molecule has 0 radical (unpaired) electrons. The van der Waals surface area contributed by atoms with E-state index in [1.807, 2.05) is 54.6 Å². The lowest BCUT2D eigenvalue weighted by Crippen LogP contribution is -2.13. The van der Waals surface area contributed by atoms with Gasteiger partial charge < -0.3 is 5.73 Å². The maximum absolute atomic E-state index is 12.2. The normalized spacial score (nSPS) is 10.8. The first kappa shape index (κ1) is 16.7. The Morgan fingerprint density at radius 3 is 2.78 bits per heavy atom. The molecule has 0 aliphatic carbocycles. The summed E-state index contributed by atoms with van der Waals surface area (Å²) < 4.78 is 1.68. The number of fused-ring (bicyclic) bond motifs is 1. The fraction of sp³-hybridized carbons (Fsp3) is 0.100. The van der Waals surface area contributed by atoms with Crippen molar-refractivity contribution in [2.75, 3.05) is 11.1 Å². The summed E-state index contributed by atoms with van der Waals surface area (Å²) in [7, 11) is 0. The zero-order valence-corrected chi connectivity index (χ0v) is 14.5. The lowest BCUT2D eigenvalue weighted by atomic mass is 10.1. The highest BCUT2D eigenvalue weighted by molar-refractivity contribution is 5.89. The van der Waals surface area contributed by atoms with Crippen molar-refractivity contribution in [3.8, 4) is 11.3 Å². The van der Waals surface area contributed by atoms with Gasteiger partial charge in [-0.1, -0.05) is 30.3 Å². The van der Waals surface area contributed by atoms with Crippen molar-refractivity contribution in [2.24, 2.45) is 0 Å². The van der Waals surface area contributed by atoms with E-state index in [-0.39, 0.29) is 11.9 Å². The third-order valence-electron chi connectivity index (χ3n) is 4.21. The number of benzene rings is 1. The van der Waals surface area contributed by atoms with E-state index in [4.69, 9.17) is 5.73 Å². The molecule has 3 N–H and O–H groups in total. The van der Waals surface area contributed by atoms with Gasteiger partial charge in [-0.3, -0.25) is 15.1 Å². The Bertz CT molecular complexity index is 1090. The second-order valence-electron chi connectivity index (χ2n) is 6.11. The monoisotopic (exact) mass is 358 g/mol. The standard InChI is InChI=1S/C20H18N6O/c21-16-7-2-1-6-15(16)17-8-3-9-18-23-20(25-26(17)18)24-19(27)11-10-14-5-4-12-22-13-14/h1-9,12-13H,10-11,21H2,(H,24,25,27). The van der Waals surface area contributed by atoms with Gasteiger partial charge in [0.05, 0.1) is 5.69 Å². The second-order valence-corrected chi connectivity index (χ2v) is 6.11. The number of nitrogen functional groups attached to an aromatic ring is 1. The quantitative estimate of drug-likeness (QED) is 0.535. The number of amides is 1. The summed E-state index contributed by atoms with van der Waals surface area (Å²) >= 11 is 0. The van der Waals surface area contributed by atoms with Gasteiger partial charge in [0, 0.05) is 30.1 Å². The summed E-state index contributed by atoms with van der Waals surface area (Å²) in [6, 6.07) is 17.0. The molecule has 27 heavy (non-hydrogen) atoms. The molecule has 0 spiro atoms. The maximum Gasteiger partial charge on any atom is 0.249 e. The number of pyridine rings is 2. The summed E-state index contributed by atoms with van der Waals surface area (Å²) in [6.07, 6.45) is 4.41. The Kier molecular flexibility index (Phi) is 4.49. The number of hydrogen-bond donors (Lipinski definition) is 2. The van der Waals surface area contributed by atoms with E-state index >= 15 is 0 Å². The molecule has 0 bridgehead atoms. The van der Waals surface area contributed by atoms with E-state index in [0.29, 0.717) is 24.2 Å². The Morgan fingerprint density at radius 2 is 1.96 bits per heavy atom. The fourth-order valence-electron chi connectivity index (χ4n) is 2.88. The first-order chi connectivity index (χ1) is 13.2. The molecule has 4 rings (SSSR count). The van der Waals surface area contributed by atoms with Crippen molar-refractivity contribution >= 4 is 23.2 Å². The number of carbonyl (C=O) groups is 1. The van der Waals surface area contributed by atoms with Gasteiger partial charge >= 0.3 is 0 Å². The van der Waals surface area contributed by atoms with Crippen molar-refractivity contribution in [2.45, 2.75) is 12.8 Å². The van der Waals surface area contributed by atoms with Crippen molar-refractivity contribution in [3.05, 3.63) is 72.6 Å².